The lowest BCUT2D eigenvalue weighted by Crippen LogP contribution is -2.53. The van der Waals surface area contributed by atoms with Crippen LogP contribution in [-0.4, -0.2) is 72.7 Å². The van der Waals surface area contributed by atoms with Gasteiger partial charge < -0.3 is 18.8 Å². The number of carbonyl (C=O) groups is 2. The van der Waals surface area contributed by atoms with Gasteiger partial charge in [-0.2, -0.15) is 0 Å². The lowest BCUT2D eigenvalue weighted by atomic mass is 9.53. The molecule has 6 atom stereocenters. The first-order valence-corrected chi connectivity index (χ1v) is 11.9. The fourth-order valence-electron chi connectivity index (χ4n) is 7.13. The SMILES string of the molecule is C[C@]12CCC[C@]3(CO3)[C@@H]1C[C@H]1[C@@H](C2)OC(=O)[C@@H]1CN1CCN(C(=O)c2ccco2)CC1. The molecule has 0 bridgehead atoms. The second-order valence-corrected chi connectivity index (χ2v) is 10.7. The molecule has 5 aliphatic rings. The van der Waals surface area contributed by atoms with E-state index in [2.05, 4.69) is 11.8 Å². The molecule has 2 aliphatic carbocycles. The summed E-state index contributed by atoms with van der Waals surface area (Å²) in [4.78, 5) is 29.6. The van der Waals surface area contributed by atoms with Crippen molar-refractivity contribution < 1.29 is 23.5 Å². The van der Waals surface area contributed by atoms with E-state index in [1.807, 2.05) is 4.90 Å². The van der Waals surface area contributed by atoms with Crippen molar-refractivity contribution in [1.29, 1.82) is 0 Å². The largest absolute Gasteiger partial charge is 0.462 e. The number of hydrogen-bond acceptors (Lipinski definition) is 6. The maximum atomic E-state index is 12.9. The molecule has 7 nitrogen and oxygen atoms in total. The van der Waals surface area contributed by atoms with Gasteiger partial charge in [0.2, 0.25) is 0 Å². The van der Waals surface area contributed by atoms with Crippen LogP contribution in [0.2, 0.25) is 0 Å². The van der Waals surface area contributed by atoms with Crippen molar-refractivity contribution in [2.45, 2.75) is 50.7 Å². The summed E-state index contributed by atoms with van der Waals surface area (Å²) >= 11 is 0. The molecule has 1 aromatic rings. The highest BCUT2D eigenvalue weighted by atomic mass is 16.6. The molecule has 1 amide bonds. The summed E-state index contributed by atoms with van der Waals surface area (Å²) < 4.78 is 17.2. The van der Waals surface area contributed by atoms with E-state index in [4.69, 9.17) is 13.9 Å². The van der Waals surface area contributed by atoms with Gasteiger partial charge >= 0.3 is 5.97 Å². The van der Waals surface area contributed by atoms with Gasteiger partial charge in [-0.15, -0.1) is 0 Å². The van der Waals surface area contributed by atoms with E-state index in [9.17, 15) is 9.59 Å². The van der Waals surface area contributed by atoms with Crippen molar-refractivity contribution >= 4 is 11.9 Å². The van der Waals surface area contributed by atoms with Crippen molar-refractivity contribution in [1.82, 2.24) is 9.80 Å². The molecule has 2 saturated carbocycles. The van der Waals surface area contributed by atoms with Gasteiger partial charge in [0.15, 0.2) is 5.76 Å². The molecule has 168 valence electrons. The summed E-state index contributed by atoms with van der Waals surface area (Å²) in [5.41, 5.74) is 0.328. The van der Waals surface area contributed by atoms with Crippen molar-refractivity contribution in [2.24, 2.45) is 23.2 Å². The molecule has 31 heavy (non-hydrogen) atoms. The number of fused-ring (bicyclic) bond motifs is 3. The third-order valence-corrected chi connectivity index (χ3v) is 8.93. The first-order valence-electron chi connectivity index (χ1n) is 11.9. The highest BCUT2D eigenvalue weighted by Crippen LogP contribution is 2.62. The number of ether oxygens (including phenoxy) is 2. The van der Waals surface area contributed by atoms with Crippen LogP contribution < -0.4 is 0 Å². The number of carbonyl (C=O) groups excluding carboxylic acids is 2. The zero-order chi connectivity index (χ0) is 21.2. The molecular formula is C24H32N2O5. The van der Waals surface area contributed by atoms with E-state index in [0.717, 1.165) is 39.1 Å². The van der Waals surface area contributed by atoms with Gasteiger partial charge in [0, 0.05) is 38.6 Å². The summed E-state index contributed by atoms with van der Waals surface area (Å²) in [5, 5.41) is 0. The maximum absolute atomic E-state index is 12.9. The van der Waals surface area contributed by atoms with E-state index in [0.29, 0.717) is 30.7 Å². The Balaban J connectivity index is 1.11. The number of epoxide rings is 1. The Morgan fingerprint density at radius 2 is 2.03 bits per heavy atom. The standard InChI is InChI=1S/C24H32N2O5/c1-23-5-3-6-24(15-30-24)20(23)12-16-17(22(28)31-19(16)13-23)14-25-7-9-26(10-8-25)21(27)18-4-2-11-29-18/h2,4,11,16-17,19-20H,3,5-10,12-15H2,1H3/t16-,17-,19-,20-,23-,24+/m1/s1. The third kappa shape index (κ3) is 3.23. The monoisotopic (exact) mass is 428 g/mol. The van der Waals surface area contributed by atoms with Crippen LogP contribution in [0.1, 0.15) is 49.6 Å². The van der Waals surface area contributed by atoms with Gasteiger partial charge in [-0.25, -0.2) is 0 Å². The lowest BCUT2D eigenvalue weighted by molar-refractivity contribution is -0.147. The maximum Gasteiger partial charge on any atom is 0.310 e. The first-order chi connectivity index (χ1) is 15.0. The molecule has 3 aliphatic heterocycles. The number of esters is 1. The molecule has 1 spiro atoms. The van der Waals surface area contributed by atoms with Crippen LogP contribution in [0, 0.1) is 23.2 Å². The minimum absolute atomic E-state index is 0.0166. The van der Waals surface area contributed by atoms with Crippen molar-refractivity contribution in [3.8, 4) is 0 Å². The number of furan rings is 1. The van der Waals surface area contributed by atoms with Gasteiger partial charge in [-0.3, -0.25) is 14.5 Å². The number of piperazine rings is 1. The predicted octanol–water partition coefficient (Wildman–Crippen LogP) is 2.56. The summed E-state index contributed by atoms with van der Waals surface area (Å²) in [5.74, 6) is 1.12. The average molecular weight is 429 g/mol. The molecule has 1 aromatic heterocycles. The zero-order valence-corrected chi connectivity index (χ0v) is 18.3. The Hall–Kier alpha value is -1.86. The van der Waals surface area contributed by atoms with E-state index >= 15 is 0 Å². The molecule has 0 radical (unpaired) electrons. The highest BCUT2D eigenvalue weighted by molar-refractivity contribution is 5.91. The molecule has 5 fully saturated rings. The molecule has 0 N–H and O–H groups in total. The van der Waals surface area contributed by atoms with Crippen LogP contribution in [0.15, 0.2) is 22.8 Å². The minimum Gasteiger partial charge on any atom is -0.462 e. The summed E-state index contributed by atoms with van der Waals surface area (Å²) in [6.07, 6.45) is 7.26. The number of nitrogens with zero attached hydrogens (tertiary/aromatic N) is 2. The van der Waals surface area contributed by atoms with Crippen LogP contribution >= 0.6 is 0 Å². The van der Waals surface area contributed by atoms with Crippen molar-refractivity contribution in [3.05, 3.63) is 24.2 Å². The summed E-state index contributed by atoms with van der Waals surface area (Å²) in [6, 6.07) is 3.45. The Labute approximate surface area is 183 Å². The van der Waals surface area contributed by atoms with Gasteiger partial charge in [-0.1, -0.05) is 6.92 Å². The van der Waals surface area contributed by atoms with Gasteiger partial charge in [0.25, 0.3) is 5.91 Å². The first kappa shape index (κ1) is 19.8. The van der Waals surface area contributed by atoms with Crippen LogP contribution in [-0.2, 0) is 14.3 Å². The molecule has 6 rings (SSSR count). The Bertz CT molecular complexity index is 857. The van der Waals surface area contributed by atoms with Gasteiger partial charge in [-0.05, 0) is 55.6 Å². The summed E-state index contributed by atoms with van der Waals surface area (Å²) in [6.45, 7) is 6.91. The van der Waals surface area contributed by atoms with Crippen molar-refractivity contribution in [2.75, 3.05) is 39.3 Å². The van der Waals surface area contributed by atoms with Crippen molar-refractivity contribution in [3.63, 3.8) is 0 Å². The van der Waals surface area contributed by atoms with E-state index in [-0.39, 0.29) is 34.9 Å². The molecule has 4 heterocycles. The minimum atomic E-state index is -0.0559. The van der Waals surface area contributed by atoms with E-state index in [1.165, 1.54) is 25.5 Å². The van der Waals surface area contributed by atoms with Crippen LogP contribution in [0.3, 0.4) is 0 Å². The van der Waals surface area contributed by atoms with Crippen LogP contribution in [0.25, 0.3) is 0 Å². The molecule has 0 aromatic carbocycles. The smallest absolute Gasteiger partial charge is 0.310 e. The number of hydrogen-bond donors (Lipinski definition) is 0. The molecule has 0 unspecified atom stereocenters. The number of amides is 1. The predicted molar refractivity (Wildman–Crippen MR) is 111 cm³/mol. The topological polar surface area (TPSA) is 75.5 Å². The fraction of sp³-hybridized carbons (Fsp3) is 0.750. The number of rotatable bonds is 3. The second-order valence-electron chi connectivity index (χ2n) is 10.7. The summed E-state index contributed by atoms with van der Waals surface area (Å²) in [7, 11) is 0. The zero-order valence-electron chi connectivity index (χ0n) is 18.3. The highest BCUT2D eigenvalue weighted by Gasteiger charge is 2.65. The molecular weight excluding hydrogens is 396 g/mol. The Morgan fingerprint density at radius 1 is 1.23 bits per heavy atom. The van der Waals surface area contributed by atoms with Gasteiger partial charge in [0.1, 0.15) is 6.10 Å². The normalized spacial score (nSPS) is 42.2. The molecule has 7 heteroatoms. The van der Waals surface area contributed by atoms with Crippen LogP contribution in [0.4, 0.5) is 0 Å². The fourth-order valence-corrected chi connectivity index (χ4v) is 7.13. The van der Waals surface area contributed by atoms with E-state index < -0.39 is 0 Å². The lowest BCUT2D eigenvalue weighted by Gasteiger charge is -2.51. The van der Waals surface area contributed by atoms with E-state index in [1.54, 1.807) is 12.1 Å². The molecule has 3 saturated heterocycles. The van der Waals surface area contributed by atoms with Gasteiger partial charge in [0.05, 0.1) is 24.4 Å². The third-order valence-electron chi connectivity index (χ3n) is 8.93. The Morgan fingerprint density at radius 3 is 2.74 bits per heavy atom. The van der Waals surface area contributed by atoms with Crippen LogP contribution in [0.5, 0.6) is 0 Å². The second kappa shape index (κ2) is 7.07. The quantitative estimate of drug-likeness (QED) is 0.544. The Kier molecular flexibility index (Phi) is 4.52. The average Bonchev–Trinajstić information content (AvgIpc) is 3.19.